The molecule has 2 aromatic rings. The summed E-state index contributed by atoms with van der Waals surface area (Å²) in [5.74, 6) is 0. The summed E-state index contributed by atoms with van der Waals surface area (Å²) in [5, 5.41) is 21.0. The average molecular weight is 291 g/mol. The molecule has 0 saturated carbocycles. The van der Waals surface area contributed by atoms with Gasteiger partial charge in [-0.05, 0) is 32.0 Å². The van der Waals surface area contributed by atoms with Crippen LogP contribution in [0.5, 0.6) is 0 Å². The second-order valence-corrected chi connectivity index (χ2v) is 4.49. The molecule has 0 bridgehead atoms. The number of carboxylic acid groups (broad SMARTS) is 1. The van der Waals surface area contributed by atoms with Crippen LogP contribution in [0.2, 0.25) is 0 Å². The van der Waals surface area contributed by atoms with Gasteiger partial charge in [-0.2, -0.15) is 0 Å². The van der Waals surface area contributed by atoms with E-state index in [1.54, 1.807) is 12.1 Å². The molecule has 0 amide bonds. The van der Waals surface area contributed by atoms with Crippen molar-refractivity contribution < 1.29 is 14.8 Å². The first-order chi connectivity index (χ1) is 9.97. The highest BCUT2D eigenvalue weighted by molar-refractivity contribution is 5.59. The van der Waals surface area contributed by atoms with Crippen LogP contribution in [0.15, 0.2) is 42.7 Å². The molecule has 2 N–H and O–H groups in total. The lowest BCUT2D eigenvalue weighted by Crippen LogP contribution is -2.10. The van der Waals surface area contributed by atoms with Crippen molar-refractivity contribution in [2.24, 2.45) is 0 Å². The number of nitro groups is 1. The summed E-state index contributed by atoms with van der Waals surface area (Å²) in [7, 11) is 0. The summed E-state index contributed by atoms with van der Waals surface area (Å²) in [6.07, 6.45) is 3.72. The first-order valence-electron chi connectivity index (χ1n) is 6.25. The molecule has 7 nitrogen and oxygen atoms in total. The summed E-state index contributed by atoms with van der Waals surface area (Å²) >= 11 is 0. The van der Waals surface area contributed by atoms with Gasteiger partial charge in [0.05, 0.1) is 10.6 Å². The van der Waals surface area contributed by atoms with E-state index in [1.807, 2.05) is 49.0 Å². The Bertz CT molecular complexity index is 594. The van der Waals surface area contributed by atoms with E-state index in [1.165, 1.54) is 0 Å². The Kier molecular flexibility index (Phi) is 5.94. The summed E-state index contributed by atoms with van der Waals surface area (Å²) in [6, 6.07) is 9.00. The van der Waals surface area contributed by atoms with Crippen LogP contribution < -0.4 is 5.32 Å². The predicted molar refractivity (Wildman–Crippen MR) is 79.9 cm³/mol. The maximum atomic E-state index is 10.9. The summed E-state index contributed by atoms with van der Waals surface area (Å²) in [4.78, 5) is 18.9. The summed E-state index contributed by atoms with van der Waals surface area (Å²) in [5.41, 5.74) is 1.62. The van der Waals surface area contributed by atoms with Crippen molar-refractivity contribution in [2.75, 3.05) is 5.32 Å². The number of hydrogen-bond donors (Lipinski definition) is 2. The third kappa shape index (κ3) is 4.98. The molecule has 0 radical (unpaired) electrons. The number of nitrogens with one attached hydrogen (secondary N) is 1. The number of aromatic nitrogens is 1. The topological polar surface area (TPSA) is 97.4 Å². The van der Waals surface area contributed by atoms with Gasteiger partial charge in [0.25, 0.3) is 12.2 Å². The third-order valence-electron chi connectivity index (χ3n) is 2.47. The maximum absolute atomic E-state index is 10.9. The van der Waals surface area contributed by atoms with Crippen LogP contribution in [0.4, 0.5) is 11.4 Å². The van der Waals surface area contributed by atoms with E-state index in [4.69, 9.17) is 9.90 Å². The minimum absolute atomic E-state index is 0.0874. The molecule has 7 heteroatoms. The monoisotopic (exact) mass is 291 g/mol. The molecule has 1 aromatic heterocycles. The van der Waals surface area contributed by atoms with E-state index < -0.39 is 0 Å². The number of nitrogens with zero attached hydrogens (tertiary/aromatic N) is 2. The van der Waals surface area contributed by atoms with Crippen molar-refractivity contribution in [3.63, 3.8) is 0 Å². The van der Waals surface area contributed by atoms with Gasteiger partial charge in [0.1, 0.15) is 0 Å². The van der Waals surface area contributed by atoms with Gasteiger partial charge in [0.15, 0.2) is 0 Å². The minimum atomic E-state index is -0.376. The number of rotatable bonds is 4. The van der Waals surface area contributed by atoms with E-state index in [-0.39, 0.29) is 23.1 Å². The molecule has 0 atom stereocenters. The van der Waals surface area contributed by atoms with Gasteiger partial charge in [-0.3, -0.25) is 14.9 Å². The average Bonchev–Trinajstić information content (AvgIpc) is 2.92. The van der Waals surface area contributed by atoms with Crippen molar-refractivity contribution in [1.82, 2.24) is 4.57 Å². The quantitative estimate of drug-likeness (QED) is 0.513. The second-order valence-electron chi connectivity index (χ2n) is 4.49. The molecule has 1 heterocycles. The Hall–Kier alpha value is -2.83. The highest BCUT2D eigenvalue weighted by Crippen LogP contribution is 2.24. The Labute approximate surface area is 122 Å². The Morgan fingerprint density at radius 3 is 2.33 bits per heavy atom. The fourth-order valence-electron chi connectivity index (χ4n) is 1.77. The third-order valence-corrected chi connectivity index (χ3v) is 2.47. The van der Waals surface area contributed by atoms with Crippen molar-refractivity contribution in [3.05, 3.63) is 52.8 Å². The van der Waals surface area contributed by atoms with Gasteiger partial charge in [-0.15, -0.1) is 0 Å². The van der Waals surface area contributed by atoms with Gasteiger partial charge in [-0.1, -0.05) is 0 Å². The van der Waals surface area contributed by atoms with E-state index in [0.29, 0.717) is 0 Å². The van der Waals surface area contributed by atoms with Gasteiger partial charge in [0.2, 0.25) is 0 Å². The van der Waals surface area contributed by atoms with E-state index in [0.717, 1.165) is 11.4 Å². The molecule has 21 heavy (non-hydrogen) atoms. The zero-order chi connectivity index (χ0) is 15.8. The number of benzene rings is 1. The van der Waals surface area contributed by atoms with Gasteiger partial charge in [0, 0.05) is 36.3 Å². The van der Waals surface area contributed by atoms with Crippen LogP contribution >= 0.6 is 0 Å². The molecule has 1 aromatic carbocycles. The molecular formula is C14H17N3O4. The van der Waals surface area contributed by atoms with Gasteiger partial charge in [-0.25, -0.2) is 0 Å². The molecule has 0 spiro atoms. The van der Waals surface area contributed by atoms with E-state index >= 15 is 0 Å². The Morgan fingerprint density at radius 1 is 1.29 bits per heavy atom. The molecule has 0 aliphatic carbocycles. The molecule has 0 fully saturated rings. The standard InChI is InChI=1S/C13H15N3O2.CH2O2/c1-10(2)14-11-7-12(15-5-3-4-6-15)9-13(8-11)16(17)18;2-1-3/h3-10,14H,1-2H3;1H,(H,2,3). The smallest absolute Gasteiger partial charge is 0.290 e. The van der Waals surface area contributed by atoms with Gasteiger partial charge >= 0.3 is 0 Å². The van der Waals surface area contributed by atoms with Crippen molar-refractivity contribution >= 4 is 17.8 Å². The molecule has 0 aliphatic heterocycles. The summed E-state index contributed by atoms with van der Waals surface area (Å²) < 4.78 is 1.85. The molecule has 112 valence electrons. The largest absolute Gasteiger partial charge is 0.483 e. The number of anilines is 1. The maximum Gasteiger partial charge on any atom is 0.290 e. The number of non-ortho nitro benzene ring substituents is 1. The lowest BCUT2D eigenvalue weighted by atomic mass is 10.2. The van der Waals surface area contributed by atoms with Crippen LogP contribution in [-0.2, 0) is 4.79 Å². The van der Waals surface area contributed by atoms with Crippen molar-refractivity contribution in [3.8, 4) is 5.69 Å². The lowest BCUT2D eigenvalue weighted by Gasteiger charge is -2.12. The fourth-order valence-corrected chi connectivity index (χ4v) is 1.77. The minimum Gasteiger partial charge on any atom is -0.483 e. The fraction of sp³-hybridized carbons (Fsp3) is 0.214. The van der Waals surface area contributed by atoms with Crippen LogP contribution in [0.25, 0.3) is 5.69 Å². The number of carbonyl (C=O) groups is 1. The highest BCUT2D eigenvalue weighted by atomic mass is 16.6. The van der Waals surface area contributed by atoms with Crippen LogP contribution in [0.3, 0.4) is 0 Å². The molecule has 0 aliphatic rings. The van der Waals surface area contributed by atoms with E-state index in [2.05, 4.69) is 5.32 Å². The zero-order valence-corrected chi connectivity index (χ0v) is 11.8. The van der Waals surface area contributed by atoms with Gasteiger partial charge < -0.3 is 15.0 Å². The zero-order valence-electron chi connectivity index (χ0n) is 11.8. The highest BCUT2D eigenvalue weighted by Gasteiger charge is 2.11. The SMILES string of the molecule is CC(C)Nc1cc(-n2cccc2)cc([N+](=O)[O-])c1.O=CO. The first-order valence-corrected chi connectivity index (χ1v) is 6.25. The number of nitro benzene ring substituents is 1. The lowest BCUT2D eigenvalue weighted by molar-refractivity contribution is -0.384. The second kappa shape index (κ2) is 7.68. The van der Waals surface area contributed by atoms with Crippen LogP contribution in [-0.4, -0.2) is 27.1 Å². The normalized spacial score (nSPS) is 9.67. The summed E-state index contributed by atoms with van der Waals surface area (Å²) in [6.45, 7) is 3.74. The Balaban J connectivity index is 0.000000677. The molecule has 2 rings (SSSR count). The van der Waals surface area contributed by atoms with Crippen LogP contribution in [0, 0.1) is 10.1 Å². The molecular weight excluding hydrogens is 274 g/mol. The van der Waals surface area contributed by atoms with Crippen molar-refractivity contribution in [1.29, 1.82) is 0 Å². The predicted octanol–water partition coefficient (Wildman–Crippen LogP) is 2.91. The van der Waals surface area contributed by atoms with E-state index in [9.17, 15) is 10.1 Å². The van der Waals surface area contributed by atoms with Crippen molar-refractivity contribution in [2.45, 2.75) is 19.9 Å². The first kappa shape index (κ1) is 16.2. The molecule has 0 saturated heterocycles. The molecule has 0 unspecified atom stereocenters. The Morgan fingerprint density at radius 2 is 1.86 bits per heavy atom. The van der Waals surface area contributed by atoms with Crippen LogP contribution in [0.1, 0.15) is 13.8 Å². The number of hydrogen-bond acceptors (Lipinski definition) is 4.